The molecular weight excluding hydrogens is 415 g/mol. The van der Waals surface area contributed by atoms with Crippen LogP contribution in [0.25, 0.3) is 17.1 Å². The van der Waals surface area contributed by atoms with E-state index < -0.39 is 0 Å². The molecule has 0 fully saturated rings. The number of hydrogen-bond acceptors (Lipinski definition) is 5. The molecule has 0 aliphatic rings. The second-order valence-electron chi connectivity index (χ2n) is 6.19. The number of aryl methyl sites for hydroxylation is 2. The molecule has 4 aromatic rings. The van der Waals surface area contributed by atoms with Gasteiger partial charge in [-0.1, -0.05) is 58.3 Å². The fourth-order valence-corrected chi connectivity index (χ4v) is 4.46. The predicted octanol–water partition coefficient (Wildman–Crippen LogP) is 6.14. The molecule has 0 saturated carbocycles. The molecule has 4 rings (SSSR count). The van der Waals surface area contributed by atoms with Gasteiger partial charge in [0.2, 0.25) is 0 Å². The van der Waals surface area contributed by atoms with Gasteiger partial charge in [-0.25, -0.2) is 0 Å². The average Bonchev–Trinajstić information content (AvgIpc) is 3.24. The van der Waals surface area contributed by atoms with E-state index in [-0.39, 0.29) is 0 Å². The van der Waals surface area contributed by atoms with Gasteiger partial charge in [-0.05, 0) is 44.2 Å². The normalized spacial score (nSPS) is 11.1. The first-order chi connectivity index (χ1) is 13.5. The van der Waals surface area contributed by atoms with E-state index in [1.54, 1.807) is 23.9 Å². The van der Waals surface area contributed by atoms with E-state index in [2.05, 4.69) is 15.4 Å². The fourth-order valence-electron chi connectivity index (χ4n) is 2.86. The Kier molecular flexibility index (Phi) is 5.44. The highest BCUT2D eigenvalue weighted by atomic mass is 35.5. The molecule has 2 heterocycles. The van der Waals surface area contributed by atoms with E-state index in [0.717, 1.165) is 33.4 Å². The zero-order valence-electron chi connectivity index (χ0n) is 15.2. The molecule has 2 aromatic carbocycles. The third kappa shape index (κ3) is 3.68. The maximum Gasteiger partial charge on any atom is 0.196 e. The van der Waals surface area contributed by atoms with Crippen molar-refractivity contribution >= 4 is 35.0 Å². The van der Waals surface area contributed by atoms with Gasteiger partial charge in [0.25, 0.3) is 0 Å². The molecule has 0 amide bonds. The summed E-state index contributed by atoms with van der Waals surface area (Å²) in [4.78, 5) is 0. The molecule has 28 heavy (non-hydrogen) atoms. The van der Waals surface area contributed by atoms with Crippen molar-refractivity contribution in [2.45, 2.75) is 24.8 Å². The first kappa shape index (κ1) is 19.1. The minimum Gasteiger partial charge on any atom is -0.361 e. The minimum atomic E-state index is 0.527. The van der Waals surface area contributed by atoms with Crippen molar-refractivity contribution in [3.63, 3.8) is 0 Å². The largest absolute Gasteiger partial charge is 0.361 e. The zero-order valence-corrected chi connectivity index (χ0v) is 17.5. The molecule has 0 spiro atoms. The van der Waals surface area contributed by atoms with E-state index in [4.69, 9.17) is 27.7 Å². The highest BCUT2D eigenvalue weighted by molar-refractivity contribution is 7.98. The Morgan fingerprint density at radius 1 is 1.04 bits per heavy atom. The van der Waals surface area contributed by atoms with Gasteiger partial charge in [0.15, 0.2) is 11.0 Å². The summed E-state index contributed by atoms with van der Waals surface area (Å²) in [5, 5.41) is 14.7. The molecule has 0 bridgehead atoms. The summed E-state index contributed by atoms with van der Waals surface area (Å²) < 4.78 is 7.26. The van der Waals surface area contributed by atoms with Crippen LogP contribution in [0.4, 0.5) is 0 Å². The second kappa shape index (κ2) is 7.99. The third-order valence-corrected chi connectivity index (χ3v) is 5.85. The Labute approximate surface area is 176 Å². The number of aromatic nitrogens is 4. The second-order valence-corrected chi connectivity index (χ2v) is 7.98. The van der Waals surface area contributed by atoms with Crippen molar-refractivity contribution in [2.75, 3.05) is 0 Å². The maximum atomic E-state index is 6.44. The summed E-state index contributed by atoms with van der Waals surface area (Å²) in [6, 6.07) is 15.3. The molecule has 0 atom stereocenters. The van der Waals surface area contributed by atoms with Crippen LogP contribution in [0.5, 0.6) is 0 Å². The van der Waals surface area contributed by atoms with Crippen LogP contribution < -0.4 is 0 Å². The van der Waals surface area contributed by atoms with Crippen LogP contribution in [0.1, 0.15) is 17.0 Å². The lowest BCUT2D eigenvalue weighted by Gasteiger charge is -2.11. The van der Waals surface area contributed by atoms with Gasteiger partial charge in [-0.3, -0.25) is 4.57 Å². The molecule has 2 aromatic heterocycles. The topological polar surface area (TPSA) is 56.7 Å². The van der Waals surface area contributed by atoms with E-state index in [1.165, 1.54) is 0 Å². The van der Waals surface area contributed by atoms with Crippen LogP contribution in [-0.2, 0) is 5.75 Å². The van der Waals surface area contributed by atoms with Crippen molar-refractivity contribution in [2.24, 2.45) is 0 Å². The van der Waals surface area contributed by atoms with Crippen LogP contribution in [-0.4, -0.2) is 19.9 Å². The minimum absolute atomic E-state index is 0.527. The monoisotopic (exact) mass is 430 g/mol. The van der Waals surface area contributed by atoms with Gasteiger partial charge >= 0.3 is 0 Å². The van der Waals surface area contributed by atoms with Crippen molar-refractivity contribution in [1.82, 2.24) is 19.9 Å². The van der Waals surface area contributed by atoms with Crippen molar-refractivity contribution in [1.29, 1.82) is 0 Å². The van der Waals surface area contributed by atoms with Gasteiger partial charge in [0.05, 0.1) is 10.7 Å². The number of rotatable bonds is 5. The Balaban J connectivity index is 1.78. The number of para-hydroxylation sites is 1. The van der Waals surface area contributed by atoms with Gasteiger partial charge < -0.3 is 4.52 Å². The van der Waals surface area contributed by atoms with Gasteiger partial charge in [0, 0.05) is 27.6 Å². The lowest BCUT2D eigenvalue weighted by molar-refractivity contribution is 0.392. The molecule has 0 unspecified atom stereocenters. The summed E-state index contributed by atoms with van der Waals surface area (Å²) in [6.07, 6.45) is 0. The lowest BCUT2D eigenvalue weighted by Crippen LogP contribution is -2.00. The summed E-state index contributed by atoms with van der Waals surface area (Å²) in [7, 11) is 0. The van der Waals surface area contributed by atoms with E-state index in [9.17, 15) is 0 Å². The van der Waals surface area contributed by atoms with Crippen LogP contribution in [0.2, 0.25) is 10.0 Å². The number of nitrogens with zero attached hydrogens (tertiary/aromatic N) is 4. The molecule has 5 nitrogen and oxygen atoms in total. The molecular formula is C20H16Cl2N4OS. The van der Waals surface area contributed by atoms with Crippen LogP contribution >= 0.6 is 35.0 Å². The molecule has 0 radical (unpaired) electrons. The Bertz CT molecular complexity index is 1110. The van der Waals surface area contributed by atoms with Crippen molar-refractivity contribution in [3.05, 3.63) is 75.6 Å². The molecule has 0 saturated heterocycles. The highest BCUT2D eigenvalue weighted by Crippen LogP contribution is 2.34. The maximum absolute atomic E-state index is 6.44. The number of halogens is 2. The number of hydrogen-bond donors (Lipinski definition) is 0. The Morgan fingerprint density at radius 2 is 1.82 bits per heavy atom. The van der Waals surface area contributed by atoms with Crippen molar-refractivity contribution < 1.29 is 4.52 Å². The quantitative estimate of drug-likeness (QED) is 0.356. The molecule has 8 heteroatoms. The smallest absolute Gasteiger partial charge is 0.196 e. The SMILES string of the molecule is Cc1noc(C)c1CSc1nnc(-c2ccc(Cl)cc2Cl)n1-c1ccccc1. The highest BCUT2D eigenvalue weighted by Gasteiger charge is 2.19. The summed E-state index contributed by atoms with van der Waals surface area (Å²) in [6.45, 7) is 3.85. The Morgan fingerprint density at radius 3 is 2.50 bits per heavy atom. The first-order valence-electron chi connectivity index (χ1n) is 8.55. The fraction of sp³-hybridized carbons (Fsp3) is 0.150. The van der Waals surface area contributed by atoms with Gasteiger partial charge in [-0.2, -0.15) is 0 Å². The van der Waals surface area contributed by atoms with Crippen LogP contribution in [0, 0.1) is 13.8 Å². The standard InChI is InChI=1S/C20H16Cl2N4OS/c1-12-17(13(2)27-25-12)11-28-20-24-23-19(16-9-8-14(21)10-18(16)22)26(20)15-6-4-3-5-7-15/h3-10H,11H2,1-2H3. The first-order valence-corrected chi connectivity index (χ1v) is 10.3. The number of benzene rings is 2. The third-order valence-electron chi connectivity index (χ3n) is 4.35. The molecule has 142 valence electrons. The van der Waals surface area contributed by atoms with Gasteiger partial charge in [0.1, 0.15) is 5.76 Å². The summed E-state index contributed by atoms with van der Waals surface area (Å²) in [5.41, 5.74) is 3.68. The van der Waals surface area contributed by atoms with E-state index in [0.29, 0.717) is 21.6 Å². The summed E-state index contributed by atoms with van der Waals surface area (Å²) >= 11 is 14.1. The number of thioether (sulfide) groups is 1. The molecule has 0 aliphatic carbocycles. The van der Waals surface area contributed by atoms with E-state index >= 15 is 0 Å². The lowest BCUT2D eigenvalue weighted by atomic mass is 10.2. The molecule has 0 aliphatic heterocycles. The van der Waals surface area contributed by atoms with Crippen LogP contribution in [0.15, 0.2) is 58.2 Å². The van der Waals surface area contributed by atoms with Crippen LogP contribution in [0.3, 0.4) is 0 Å². The van der Waals surface area contributed by atoms with E-state index in [1.807, 2.05) is 54.8 Å². The Hall–Kier alpha value is -2.28. The zero-order chi connectivity index (χ0) is 19.7. The average molecular weight is 431 g/mol. The summed E-state index contributed by atoms with van der Waals surface area (Å²) in [5.74, 6) is 2.16. The van der Waals surface area contributed by atoms with Crippen molar-refractivity contribution in [3.8, 4) is 17.1 Å². The predicted molar refractivity (Wildman–Crippen MR) is 112 cm³/mol. The molecule has 0 N–H and O–H groups in total. The van der Waals surface area contributed by atoms with Gasteiger partial charge in [-0.15, -0.1) is 10.2 Å².